The van der Waals surface area contributed by atoms with Crippen molar-refractivity contribution in [2.45, 2.75) is 13.8 Å². The number of carbonyl (C=O) groups is 1. The van der Waals surface area contributed by atoms with E-state index in [9.17, 15) is 4.79 Å². The molecular formula is C14H13NO3S. The van der Waals surface area contributed by atoms with Gasteiger partial charge in [-0.1, -0.05) is 0 Å². The summed E-state index contributed by atoms with van der Waals surface area (Å²) in [4.78, 5) is 17.4. The first-order valence-electron chi connectivity index (χ1n) is 6.03. The number of hydrogen-bond donors (Lipinski definition) is 0. The zero-order valence-electron chi connectivity index (χ0n) is 10.7. The van der Waals surface area contributed by atoms with Gasteiger partial charge >= 0.3 is 0 Å². The maximum Gasteiger partial charge on any atom is 0.204 e. The Kier molecular flexibility index (Phi) is 2.98. The Morgan fingerprint density at radius 2 is 1.95 bits per heavy atom. The van der Waals surface area contributed by atoms with Crippen molar-refractivity contribution in [1.29, 1.82) is 0 Å². The van der Waals surface area contributed by atoms with Gasteiger partial charge in [-0.25, -0.2) is 4.98 Å². The number of ketones is 1. The normalized spacial score (nSPS) is 13.4. The van der Waals surface area contributed by atoms with Crippen molar-refractivity contribution in [3.8, 4) is 11.5 Å². The largest absolute Gasteiger partial charge is 0.486 e. The van der Waals surface area contributed by atoms with Crippen LogP contribution in [0.3, 0.4) is 0 Å². The van der Waals surface area contributed by atoms with Gasteiger partial charge in [-0.15, -0.1) is 11.3 Å². The lowest BCUT2D eigenvalue weighted by Gasteiger charge is -2.18. The SMILES string of the molecule is Cc1nc(C)c(C(=O)c2ccc3c(c2)OCCO3)s1. The minimum atomic E-state index is -0.0138. The van der Waals surface area contributed by atoms with Crippen LogP contribution in [0, 0.1) is 13.8 Å². The molecular weight excluding hydrogens is 262 g/mol. The molecule has 5 heteroatoms. The second-order valence-electron chi connectivity index (χ2n) is 4.33. The molecule has 19 heavy (non-hydrogen) atoms. The predicted molar refractivity (Wildman–Crippen MR) is 72.5 cm³/mol. The molecule has 4 nitrogen and oxygen atoms in total. The standard InChI is InChI=1S/C14H13NO3S/c1-8-14(19-9(2)15-8)13(16)10-3-4-11-12(7-10)18-6-5-17-11/h3-4,7H,5-6H2,1-2H3. The molecule has 0 saturated heterocycles. The summed E-state index contributed by atoms with van der Waals surface area (Å²) in [6, 6.07) is 5.29. The number of hydrogen-bond acceptors (Lipinski definition) is 5. The van der Waals surface area contributed by atoms with Crippen molar-refractivity contribution in [2.24, 2.45) is 0 Å². The summed E-state index contributed by atoms with van der Waals surface area (Å²) in [7, 11) is 0. The zero-order chi connectivity index (χ0) is 13.4. The fourth-order valence-corrected chi connectivity index (χ4v) is 2.94. The summed E-state index contributed by atoms with van der Waals surface area (Å²) in [5.41, 5.74) is 1.39. The number of fused-ring (bicyclic) bond motifs is 1. The van der Waals surface area contributed by atoms with Crippen molar-refractivity contribution >= 4 is 17.1 Å². The second kappa shape index (κ2) is 4.66. The van der Waals surface area contributed by atoms with Gasteiger partial charge in [-0.2, -0.15) is 0 Å². The van der Waals surface area contributed by atoms with Crippen LogP contribution in [-0.2, 0) is 0 Å². The van der Waals surface area contributed by atoms with Crippen LogP contribution in [0.1, 0.15) is 25.9 Å². The number of thiazole rings is 1. The average molecular weight is 275 g/mol. The molecule has 0 saturated carbocycles. The van der Waals surface area contributed by atoms with E-state index in [1.54, 1.807) is 18.2 Å². The van der Waals surface area contributed by atoms with E-state index >= 15 is 0 Å². The third kappa shape index (κ3) is 2.21. The molecule has 0 aliphatic carbocycles. The average Bonchev–Trinajstić information content (AvgIpc) is 2.76. The van der Waals surface area contributed by atoms with Crippen molar-refractivity contribution in [3.05, 3.63) is 39.3 Å². The molecule has 1 aromatic carbocycles. The van der Waals surface area contributed by atoms with E-state index in [2.05, 4.69) is 4.98 Å². The molecule has 1 aliphatic heterocycles. The van der Waals surface area contributed by atoms with Gasteiger partial charge in [0.15, 0.2) is 11.5 Å². The van der Waals surface area contributed by atoms with Crippen LogP contribution in [0.15, 0.2) is 18.2 Å². The Bertz CT molecular complexity index is 648. The molecule has 0 bridgehead atoms. The van der Waals surface area contributed by atoms with Gasteiger partial charge in [-0.05, 0) is 32.0 Å². The van der Waals surface area contributed by atoms with Crippen molar-refractivity contribution in [3.63, 3.8) is 0 Å². The maximum atomic E-state index is 12.4. The number of rotatable bonds is 2. The number of ether oxygens (including phenoxy) is 2. The molecule has 0 spiro atoms. The highest BCUT2D eigenvalue weighted by Gasteiger charge is 2.19. The highest BCUT2D eigenvalue weighted by atomic mass is 32.1. The summed E-state index contributed by atoms with van der Waals surface area (Å²) in [6.45, 7) is 4.82. The van der Waals surface area contributed by atoms with Crippen LogP contribution in [0.4, 0.5) is 0 Å². The Hall–Kier alpha value is -1.88. The van der Waals surface area contributed by atoms with Crippen LogP contribution in [0.2, 0.25) is 0 Å². The fourth-order valence-electron chi connectivity index (χ4n) is 2.06. The van der Waals surface area contributed by atoms with Gasteiger partial charge in [0.2, 0.25) is 5.78 Å². The second-order valence-corrected chi connectivity index (χ2v) is 5.54. The van der Waals surface area contributed by atoms with Crippen molar-refractivity contribution in [1.82, 2.24) is 4.98 Å². The van der Waals surface area contributed by atoms with Crippen LogP contribution in [-0.4, -0.2) is 24.0 Å². The first kappa shape index (κ1) is 12.2. The smallest absolute Gasteiger partial charge is 0.204 e. The summed E-state index contributed by atoms with van der Waals surface area (Å²) in [5, 5.41) is 0.901. The quantitative estimate of drug-likeness (QED) is 0.791. The van der Waals surface area contributed by atoms with E-state index in [0.29, 0.717) is 35.2 Å². The van der Waals surface area contributed by atoms with Gasteiger partial charge in [0.05, 0.1) is 15.6 Å². The zero-order valence-corrected chi connectivity index (χ0v) is 11.5. The highest BCUT2D eigenvalue weighted by molar-refractivity contribution is 7.14. The summed E-state index contributed by atoms with van der Waals surface area (Å²) in [5.74, 6) is 1.32. The van der Waals surface area contributed by atoms with Gasteiger partial charge in [-0.3, -0.25) is 4.79 Å². The number of carbonyl (C=O) groups excluding carboxylic acids is 1. The first-order chi connectivity index (χ1) is 9.15. The van der Waals surface area contributed by atoms with E-state index in [0.717, 1.165) is 10.7 Å². The predicted octanol–water partition coefficient (Wildman–Crippen LogP) is 2.76. The van der Waals surface area contributed by atoms with E-state index in [-0.39, 0.29) is 5.78 Å². The van der Waals surface area contributed by atoms with E-state index in [1.807, 2.05) is 13.8 Å². The van der Waals surface area contributed by atoms with Crippen molar-refractivity contribution in [2.75, 3.05) is 13.2 Å². The molecule has 1 aromatic heterocycles. The lowest BCUT2D eigenvalue weighted by Crippen LogP contribution is -2.15. The van der Waals surface area contributed by atoms with Crippen LogP contribution in [0.25, 0.3) is 0 Å². The molecule has 2 aromatic rings. The molecule has 1 aliphatic rings. The van der Waals surface area contributed by atoms with Crippen LogP contribution < -0.4 is 9.47 Å². The Morgan fingerprint density at radius 1 is 1.21 bits per heavy atom. The number of aromatic nitrogens is 1. The summed E-state index contributed by atoms with van der Waals surface area (Å²) in [6.07, 6.45) is 0. The van der Waals surface area contributed by atoms with Crippen molar-refractivity contribution < 1.29 is 14.3 Å². The Morgan fingerprint density at radius 3 is 2.63 bits per heavy atom. The molecule has 2 heterocycles. The number of aryl methyl sites for hydroxylation is 2. The molecule has 0 unspecified atom stereocenters. The molecule has 98 valence electrons. The molecule has 0 radical (unpaired) electrons. The van der Waals surface area contributed by atoms with Gasteiger partial charge in [0, 0.05) is 5.56 Å². The molecule has 0 atom stereocenters. The topological polar surface area (TPSA) is 48.4 Å². The Labute approximate surface area is 115 Å². The first-order valence-corrected chi connectivity index (χ1v) is 6.85. The molecule has 0 fully saturated rings. The van der Waals surface area contributed by atoms with Gasteiger partial charge in [0.1, 0.15) is 13.2 Å². The lowest BCUT2D eigenvalue weighted by atomic mass is 10.1. The third-order valence-electron chi connectivity index (χ3n) is 2.91. The number of nitrogens with zero attached hydrogens (tertiary/aromatic N) is 1. The Balaban J connectivity index is 1.98. The molecule has 0 N–H and O–H groups in total. The van der Waals surface area contributed by atoms with Gasteiger partial charge in [0.25, 0.3) is 0 Å². The van der Waals surface area contributed by atoms with Crippen LogP contribution in [0.5, 0.6) is 11.5 Å². The highest BCUT2D eigenvalue weighted by Crippen LogP contribution is 2.32. The minimum Gasteiger partial charge on any atom is -0.486 e. The fraction of sp³-hybridized carbons (Fsp3) is 0.286. The number of benzene rings is 1. The van der Waals surface area contributed by atoms with E-state index in [4.69, 9.17) is 9.47 Å². The third-order valence-corrected chi connectivity index (χ3v) is 3.99. The van der Waals surface area contributed by atoms with Gasteiger partial charge < -0.3 is 9.47 Å². The monoisotopic (exact) mass is 275 g/mol. The summed E-state index contributed by atoms with van der Waals surface area (Å²) < 4.78 is 10.9. The molecule has 3 rings (SSSR count). The maximum absolute atomic E-state index is 12.4. The summed E-state index contributed by atoms with van der Waals surface area (Å²) >= 11 is 1.42. The van der Waals surface area contributed by atoms with Crippen LogP contribution >= 0.6 is 11.3 Å². The lowest BCUT2D eigenvalue weighted by molar-refractivity contribution is 0.104. The van der Waals surface area contributed by atoms with E-state index < -0.39 is 0 Å². The van der Waals surface area contributed by atoms with E-state index in [1.165, 1.54) is 11.3 Å². The minimum absolute atomic E-state index is 0.0138. The molecule has 0 amide bonds.